The van der Waals surface area contributed by atoms with Crippen LogP contribution in [0.15, 0.2) is 14.1 Å². The van der Waals surface area contributed by atoms with Crippen molar-refractivity contribution in [3.63, 3.8) is 0 Å². The van der Waals surface area contributed by atoms with E-state index in [2.05, 4.69) is 15.9 Å². The van der Waals surface area contributed by atoms with Gasteiger partial charge in [-0.05, 0) is 42.3 Å². The van der Waals surface area contributed by atoms with Crippen LogP contribution in [-0.4, -0.2) is 37.0 Å². The van der Waals surface area contributed by atoms with E-state index in [0.717, 1.165) is 11.3 Å². The molecule has 4 nitrogen and oxygen atoms in total. The minimum absolute atomic E-state index is 0.0341. The van der Waals surface area contributed by atoms with Crippen molar-refractivity contribution < 1.29 is 13.5 Å². The second kappa shape index (κ2) is 6.67. The number of nitrogens with zero attached hydrogens (tertiary/aromatic N) is 1. The standard InChI is InChI=1S/C10H15BrClNO3S2/c1-7(2)13(4-3-5-14)18(15,16)9-6-8(12)10(11)17-9/h6-7,14H,3-5H2,1-2H3. The van der Waals surface area contributed by atoms with Gasteiger partial charge in [-0.2, -0.15) is 4.31 Å². The quantitative estimate of drug-likeness (QED) is 0.830. The number of halogens is 2. The lowest BCUT2D eigenvalue weighted by Crippen LogP contribution is -2.37. The Morgan fingerprint density at radius 2 is 2.17 bits per heavy atom. The number of sulfonamides is 1. The van der Waals surface area contributed by atoms with Gasteiger partial charge < -0.3 is 5.11 Å². The van der Waals surface area contributed by atoms with E-state index in [0.29, 0.717) is 21.8 Å². The zero-order valence-electron chi connectivity index (χ0n) is 10.1. The van der Waals surface area contributed by atoms with Crippen molar-refractivity contribution in [2.24, 2.45) is 0 Å². The van der Waals surface area contributed by atoms with E-state index in [1.807, 2.05) is 0 Å². The Kier molecular flexibility index (Phi) is 6.08. The van der Waals surface area contributed by atoms with Crippen LogP contribution >= 0.6 is 38.9 Å². The molecule has 8 heteroatoms. The van der Waals surface area contributed by atoms with Gasteiger partial charge in [-0.15, -0.1) is 11.3 Å². The molecule has 1 aromatic heterocycles. The zero-order chi connectivity index (χ0) is 13.9. The molecule has 0 saturated heterocycles. The molecule has 0 radical (unpaired) electrons. The first kappa shape index (κ1) is 16.4. The molecule has 0 aromatic carbocycles. The van der Waals surface area contributed by atoms with Gasteiger partial charge in [-0.1, -0.05) is 11.6 Å². The molecule has 0 bridgehead atoms. The van der Waals surface area contributed by atoms with E-state index in [4.69, 9.17) is 16.7 Å². The molecule has 0 aliphatic carbocycles. The Hall–Kier alpha value is 0.340. The number of aliphatic hydroxyl groups is 1. The molecule has 0 aliphatic heterocycles. The highest BCUT2D eigenvalue weighted by molar-refractivity contribution is 9.11. The molecule has 0 atom stereocenters. The summed E-state index contributed by atoms with van der Waals surface area (Å²) in [5, 5.41) is 9.23. The van der Waals surface area contributed by atoms with Crippen LogP contribution in [0.3, 0.4) is 0 Å². The molecule has 0 saturated carbocycles. The number of hydrogen-bond acceptors (Lipinski definition) is 4. The highest BCUT2D eigenvalue weighted by Gasteiger charge is 2.28. The molecule has 0 spiro atoms. The predicted molar refractivity (Wildman–Crippen MR) is 77.8 cm³/mol. The molecular formula is C10H15BrClNO3S2. The summed E-state index contributed by atoms with van der Waals surface area (Å²) in [6, 6.07) is 1.28. The second-order valence-electron chi connectivity index (χ2n) is 3.97. The molecule has 0 fully saturated rings. The maximum Gasteiger partial charge on any atom is 0.252 e. The average molecular weight is 377 g/mol. The van der Waals surface area contributed by atoms with Crippen LogP contribution in [0.5, 0.6) is 0 Å². The Morgan fingerprint density at radius 3 is 2.56 bits per heavy atom. The SMILES string of the molecule is CC(C)N(CCCO)S(=O)(=O)c1cc(Cl)c(Br)s1. The van der Waals surface area contributed by atoms with E-state index in [9.17, 15) is 8.42 Å². The Morgan fingerprint density at radius 1 is 1.56 bits per heavy atom. The summed E-state index contributed by atoms with van der Waals surface area (Å²) in [7, 11) is -3.55. The van der Waals surface area contributed by atoms with Crippen molar-refractivity contribution in [1.29, 1.82) is 0 Å². The van der Waals surface area contributed by atoms with E-state index >= 15 is 0 Å². The van der Waals surface area contributed by atoms with Crippen LogP contribution in [0.2, 0.25) is 5.02 Å². The van der Waals surface area contributed by atoms with Crippen molar-refractivity contribution in [2.45, 2.75) is 30.5 Å². The highest BCUT2D eigenvalue weighted by Crippen LogP contribution is 2.36. The number of thiophene rings is 1. The average Bonchev–Trinajstić information content (AvgIpc) is 2.59. The molecule has 0 aliphatic rings. The number of hydrogen-bond donors (Lipinski definition) is 1. The molecule has 1 N–H and O–H groups in total. The van der Waals surface area contributed by atoms with E-state index in [1.54, 1.807) is 13.8 Å². The van der Waals surface area contributed by atoms with Crippen LogP contribution < -0.4 is 0 Å². The highest BCUT2D eigenvalue weighted by atomic mass is 79.9. The third kappa shape index (κ3) is 3.68. The van der Waals surface area contributed by atoms with Crippen molar-refractivity contribution in [3.8, 4) is 0 Å². The van der Waals surface area contributed by atoms with Crippen molar-refractivity contribution in [3.05, 3.63) is 14.9 Å². The summed E-state index contributed by atoms with van der Waals surface area (Å²) in [5.41, 5.74) is 0. The van der Waals surface area contributed by atoms with Crippen molar-refractivity contribution in [2.75, 3.05) is 13.2 Å². The minimum Gasteiger partial charge on any atom is -0.396 e. The van der Waals surface area contributed by atoms with Crippen molar-refractivity contribution in [1.82, 2.24) is 4.31 Å². The van der Waals surface area contributed by atoms with E-state index in [1.165, 1.54) is 10.4 Å². The Labute approximate surface area is 125 Å². The Balaban J connectivity index is 3.08. The molecule has 104 valence electrons. The maximum atomic E-state index is 12.4. The summed E-state index contributed by atoms with van der Waals surface area (Å²) in [5.74, 6) is 0. The Bertz CT molecular complexity index is 482. The first-order valence-corrected chi connectivity index (χ1v) is 8.81. The number of rotatable bonds is 6. The van der Waals surface area contributed by atoms with Gasteiger partial charge in [0, 0.05) is 19.2 Å². The third-order valence-corrected chi connectivity index (χ3v) is 7.30. The minimum atomic E-state index is -3.55. The summed E-state index contributed by atoms with van der Waals surface area (Å²) >= 11 is 10.2. The molecule has 0 unspecified atom stereocenters. The maximum absolute atomic E-state index is 12.4. The lowest BCUT2D eigenvalue weighted by Gasteiger charge is -2.24. The summed E-state index contributed by atoms with van der Waals surface area (Å²) in [6.07, 6.45) is 0.414. The van der Waals surface area contributed by atoms with Crippen LogP contribution in [0.4, 0.5) is 0 Å². The van der Waals surface area contributed by atoms with E-state index < -0.39 is 10.0 Å². The van der Waals surface area contributed by atoms with E-state index in [-0.39, 0.29) is 16.9 Å². The molecule has 1 rings (SSSR count). The first-order chi connectivity index (χ1) is 8.30. The van der Waals surface area contributed by atoms with Gasteiger partial charge in [0.2, 0.25) is 0 Å². The first-order valence-electron chi connectivity index (χ1n) is 5.38. The van der Waals surface area contributed by atoms with Gasteiger partial charge in [0.05, 0.1) is 8.81 Å². The summed E-state index contributed by atoms with van der Waals surface area (Å²) in [6.45, 7) is 3.87. The largest absolute Gasteiger partial charge is 0.396 e. The zero-order valence-corrected chi connectivity index (χ0v) is 14.0. The van der Waals surface area contributed by atoms with Gasteiger partial charge in [-0.25, -0.2) is 8.42 Å². The lowest BCUT2D eigenvalue weighted by atomic mass is 10.3. The lowest BCUT2D eigenvalue weighted by molar-refractivity contribution is 0.258. The van der Waals surface area contributed by atoms with Gasteiger partial charge in [0.15, 0.2) is 0 Å². The smallest absolute Gasteiger partial charge is 0.252 e. The van der Waals surface area contributed by atoms with Gasteiger partial charge in [-0.3, -0.25) is 0 Å². The summed E-state index contributed by atoms with van der Waals surface area (Å²) < 4.78 is 27.0. The van der Waals surface area contributed by atoms with Gasteiger partial charge >= 0.3 is 0 Å². The topological polar surface area (TPSA) is 57.6 Å². The second-order valence-corrected chi connectivity index (χ2v) is 8.87. The van der Waals surface area contributed by atoms with Gasteiger partial charge in [0.1, 0.15) is 4.21 Å². The fraction of sp³-hybridized carbons (Fsp3) is 0.600. The van der Waals surface area contributed by atoms with Crippen LogP contribution in [0.25, 0.3) is 0 Å². The monoisotopic (exact) mass is 375 g/mol. The normalized spacial score (nSPS) is 12.6. The van der Waals surface area contributed by atoms with Gasteiger partial charge in [0.25, 0.3) is 10.0 Å². The summed E-state index contributed by atoms with van der Waals surface area (Å²) in [4.78, 5) is 0. The molecule has 18 heavy (non-hydrogen) atoms. The fourth-order valence-electron chi connectivity index (χ4n) is 1.45. The fourth-order valence-corrected chi connectivity index (χ4v) is 5.66. The van der Waals surface area contributed by atoms with Crippen LogP contribution in [0.1, 0.15) is 20.3 Å². The molecule has 1 heterocycles. The third-order valence-electron chi connectivity index (χ3n) is 2.30. The molecular weight excluding hydrogens is 362 g/mol. The van der Waals surface area contributed by atoms with Crippen LogP contribution in [-0.2, 0) is 10.0 Å². The molecule has 0 amide bonds. The van der Waals surface area contributed by atoms with Crippen molar-refractivity contribution >= 4 is 48.9 Å². The predicted octanol–water partition coefficient (Wildman–Crippen LogP) is 2.95. The number of aliphatic hydroxyl groups excluding tert-OH is 1. The van der Waals surface area contributed by atoms with Crippen LogP contribution in [0, 0.1) is 0 Å². The molecule has 1 aromatic rings.